The summed E-state index contributed by atoms with van der Waals surface area (Å²) in [5.41, 5.74) is 3.92. The van der Waals surface area contributed by atoms with E-state index < -0.39 is 0 Å². The van der Waals surface area contributed by atoms with Crippen molar-refractivity contribution in [2.75, 3.05) is 13.1 Å². The number of nitrogens with zero attached hydrogens (tertiary/aromatic N) is 1. The van der Waals surface area contributed by atoms with Gasteiger partial charge in [-0.1, -0.05) is 56.3 Å². The average molecular weight is 323 g/mol. The first-order valence-electron chi connectivity index (χ1n) is 9.27. The maximum Gasteiger partial charge on any atom is 0.119 e. The van der Waals surface area contributed by atoms with Crippen molar-refractivity contribution in [3.05, 3.63) is 65.2 Å². The van der Waals surface area contributed by atoms with Crippen LogP contribution in [0.15, 0.2) is 48.5 Å². The Bertz CT molecular complexity index is 652. The number of fused-ring (bicyclic) bond motifs is 1. The van der Waals surface area contributed by atoms with Gasteiger partial charge in [-0.3, -0.25) is 4.90 Å². The fraction of sp³-hybridized carbons (Fsp3) is 0.455. The highest BCUT2D eigenvalue weighted by molar-refractivity contribution is 5.41. The zero-order valence-corrected chi connectivity index (χ0v) is 14.9. The lowest BCUT2D eigenvalue weighted by Gasteiger charge is -2.37. The second kappa shape index (κ2) is 7.85. The zero-order chi connectivity index (χ0) is 16.9. The number of phenols is 1. The van der Waals surface area contributed by atoms with Gasteiger partial charge in [0, 0.05) is 12.6 Å². The third-order valence-corrected chi connectivity index (χ3v) is 5.34. The van der Waals surface area contributed by atoms with E-state index in [1.165, 1.54) is 23.1 Å². The summed E-state index contributed by atoms with van der Waals surface area (Å²) < 4.78 is 0. The van der Waals surface area contributed by atoms with E-state index in [9.17, 15) is 5.11 Å². The molecule has 24 heavy (non-hydrogen) atoms. The maximum atomic E-state index is 10.1. The summed E-state index contributed by atoms with van der Waals surface area (Å²) in [6.07, 6.45) is 4.38. The third-order valence-electron chi connectivity index (χ3n) is 5.34. The van der Waals surface area contributed by atoms with Crippen LogP contribution in [0.2, 0.25) is 0 Å². The number of rotatable bonds is 6. The van der Waals surface area contributed by atoms with Gasteiger partial charge in [0.05, 0.1) is 0 Å². The van der Waals surface area contributed by atoms with Crippen LogP contribution < -0.4 is 0 Å². The molecular weight excluding hydrogens is 294 g/mol. The van der Waals surface area contributed by atoms with E-state index in [2.05, 4.69) is 55.1 Å². The van der Waals surface area contributed by atoms with Gasteiger partial charge in [0.15, 0.2) is 0 Å². The Morgan fingerprint density at radius 2 is 1.92 bits per heavy atom. The van der Waals surface area contributed by atoms with E-state index in [1.807, 2.05) is 12.1 Å². The first kappa shape index (κ1) is 17.0. The van der Waals surface area contributed by atoms with Crippen LogP contribution in [0.3, 0.4) is 0 Å². The van der Waals surface area contributed by atoms with E-state index >= 15 is 0 Å². The molecule has 3 rings (SSSR count). The van der Waals surface area contributed by atoms with Crippen LogP contribution in [0.4, 0.5) is 0 Å². The summed E-state index contributed by atoms with van der Waals surface area (Å²) in [4.78, 5) is 2.67. The normalized spacial score (nSPS) is 18.4. The van der Waals surface area contributed by atoms with Crippen LogP contribution in [0.1, 0.15) is 49.3 Å². The fourth-order valence-electron chi connectivity index (χ4n) is 4.03. The number of aromatic hydroxyl groups is 1. The largest absolute Gasteiger partial charge is 0.508 e. The first-order chi connectivity index (χ1) is 11.7. The molecule has 0 fully saturated rings. The van der Waals surface area contributed by atoms with E-state index in [0.29, 0.717) is 17.7 Å². The summed E-state index contributed by atoms with van der Waals surface area (Å²) in [6, 6.07) is 17.4. The molecule has 0 amide bonds. The topological polar surface area (TPSA) is 23.5 Å². The highest BCUT2D eigenvalue weighted by Crippen LogP contribution is 2.31. The minimum absolute atomic E-state index is 0.477. The van der Waals surface area contributed by atoms with E-state index in [4.69, 9.17) is 0 Å². The molecule has 2 heteroatoms. The highest BCUT2D eigenvalue weighted by atomic mass is 16.3. The summed E-state index contributed by atoms with van der Waals surface area (Å²) in [7, 11) is 0. The SMILES string of the molecule is CCCN(CC(C)c1ccccc1)C1CCc2c(O)cccc2C1. The number of hydrogen-bond acceptors (Lipinski definition) is 2. The lowest BCUT2D eigenvalue weighted by Crippen LogP contribution is -2.41. The van der Waals surface area contributed by atoms with Crippen molar-refractivity contribution in [3.63, 3.8) is 0 Å². The molecular formula is C22H29NO. The predicted octanol–water partition coefficient (Wildman–Crippen LogP) is 4.77. The molecule has 2 atom stereocenters. The van der Waals surface area contributed by atoms with Gasteiger partial charge in [0.25, 0.3) is 0 Å². The first-order valence-corrected chi connectivity index (χ1v) is 9.27. The molecule has 0 saturated carbocycles. The summed E-state index contributed by atoms with van der Waals surface area (Å²) in [6.45, 7) is 6.86. The summed E-state index contributed by atoms with van der Waals surface area (Å²) >= 11 is 0. The van der Waals surface area contributed by atoms with Crippen molar-refractivity contribution in [1.82, 2.24) is 4.90 Å². The van der Waals surface area contributed by atoms with Crippen LogP contribution in [-0.2, 0) is 12.8 Å². The molecule has 0 radical (unpaired) electrons. The Kier molecular flexibility index (Phi) is 5.57. The zero-order valence-electron chi connectivity index (χ0n) is 14.9. The smallest absolute Gasteiger partial charge is 0.119 e. The molecule has 1 aliphatic rings. The molecule has 0 aliphatic heterocycles. The Balaban J connectivity index is 1.72. The minimum atomic E-state index is 0.477. The van der Waals surface area contributed by atoms with Gasteiger partial charge in [0.2, 0.25) is 0 Å². The van der Waals surface area contributed by atoms with Gasteiger partial charge in [0.1, 0.15) is 5.75 Å². The lowest BCUT2D eigenvalue weighted by molar-refractivity contribution is 0.171. The maximum absolute atomic E-state index is 10.1. The Labute approximate surface area is 146 Å². The molecule has 2 nitrogen and oxygen atoms in total. The Morgan fingerprint density at radius 3 is 2.67 bits per heavy atom. The minimum Gasteiger partial charge on any atom is -0.508 e. The van der Waals surface area contributed by atoms with E-state index in [-0.39, 0.29) is 0 Å². The summed E-state index contributed by atoms with van der Waals surface area (Å²) in [5, 5.41) is 10.1. The quantitative estimate of drug-likeness (QED) is 0.828. The van der Waals surface area contributed by atoms with E-state index in [1.54, 1.807) is 0 Å². The second-order valence-electron chi connectivity index (χ2n) is 7.12. The van der Waals surface area contributed by atoms with E-state index in [0.717, 1.165) is 32.4 Å². The lowest BCUT2D eigenvalue weighted by atomic mass is 9.86. The number of hydrogen-bond donors (Lipinski definition) is 1. The van der Waals surface area contributed by atoms with Gasteiger partial charge < -0.3 is 5.11 Å². The molecule has 2 aromatic carbocycles. The molecule has 0 bridgehead atoms. The van der Waals surface area contributed by atoms with Gasteiger partial charge in [-0.05, 0) is 60.9 Å². The van der Waals surface area contributed by atoms with Gasteiger partial charge in [-0.25, -0.2) is 0 Å². The van der Waals surface area contributed by atoms with Gasteiger partial charge in [-0.2, -0.15) is 0 Å². The number of phenolic OH excluding ortho intramolecular Hbond substituents is 1. The monoisotopic (exact) mass is 323 g/mol. The van der Waals surface area contributed by atoms with Crippen molar-refractivity contribution in [2.45, 2.75) is 51.5 Å². The molecule has 1 N–H and O–H groups in total. The molecule has 1 aliphatic carbocycles. The Hall–Kier alpha value is -1.80. The molecule has 0 aromatic heterocycles. The molecule has 2 unspecified atom stereocenters. The summed E-state index contributed by atoms with van der Waals surface area (Å²) in [5.74, 6) is 1.02. The van der Waals surface area contributed by atoms with Crippen LogP contribution >= 0.6 is 0 Å². The van der Waals surface area contributed by atoms with Crippen LogP contribution in [-0.4, -0.2) is 29.1 Å². The molecule has 0 saturated heterocycles. The second-order valence-corrected chi connectivity index (χ2v) is 7.12. The average Bonchev–Trinajstić information content (AvgIpc) is 2.62. The standard InChI is InChI=1S/C22H29NO/c1-3-14-23(16-17(2)18-8-5-4-6-9-18)20-12-13-21-19(15-20)10-7-11-22(21)24/h4-11,17,20,24H,3,12-16H2,1-2H3. The predicted molar refractivity (Wildman–Crippen MR) is 101 cm³/mol. The third kappa shape index (κ3) is 3.81. The van der Waals surface area contributed by atoms with Crippen molar-refractivity contribution in [3.8, 4) is 5.75 Å². The van der Waals surface area contributed by atoms with Gasteiger partial charge in [-0.15, -0.1) is 0 Å². The van der Waals surface area contributed by atoms with Crippen molar-refractivity contribution in [2.24, 2.45) is 0 Å². The highest BCUT2D eigenvalue weighted by Gasteiger charge is 2.26. The van der Waals surface area contributed by atoms with Crippen molar-refractivity contribution < 1.29 is 5.11 Å². The molecule has 2 aromatic rings. The van der Waals surface area contributed by atoms with Crippen LogP contribution in [0, 0.1) is 0 Å². The van der Waals surface area contributed by atoms with Crippen LogP contribution in [0.5, 0.6) is 5.75 Å². The fourth-order valence-corrected chi connectivity index (χ4v) is 4.03. The molecule has 0 spiro atoms. The molecule has 0 heterocycles. The van der Waals surface area contributed by atoms with Crippen LogP contribution in [0.25, 0.3) is 0 Å². The molecule has 128 valence electrons. The van der Waals surface area contributed by atoms with Crippen molar-refractivity contribution >= 4 is 0 Å². The Morgan fingerprint density at radius 1 is 1.12 bits per heavy atom. The van der Waals surface area contributed by atoms with Gasteiger partial charge >= 0.3 is 0 Å². The van der Waals surface area contributed by atoms with Crippen molar-refractivity contribution in [1.29, 1.82) is 0 Å². The number of benzene rings is 2.